The second-order valence-electron chi connectivity index (χ2n) is 3.61. The van der Waals surface area contributed by atoms with Gasteiger partial charge in [0.05, 0.1) is 5.52 Å². The lowest BCUT2D eigenvalue weighted by atomic mass is 10.2. The molecule has 0 aliphatic rings. The summed E-state index contributed by atoms with van der Waals surface area (Å²) in [5, 5.41) is 1.01. The van der Waals surface area contributed by atoms with Gasteiger partial charge in [-0.25, -0.2) is 0 Å². The van der Waals surface area contributed by atoms with Gasteiger partial charge in [-0.3, -0.25) is 9.97 Å². The SMILES string of the molecule is c1cc(Oc2ccncc2)c2cccnc2c1. The summed E-state index contributed by atoms with van der Waals surface area (Å²) >= 11 is 0. The lowest BCUT2D eigenvalue weighted by Gasteiger charge is -2.07. The van der Waals surface area contributed by atoms with Gasteiger partial charge in [0.15, 0.2) is 0 Å². The van der Waals surface area contributed by atoms with Crippen molar-refractivity contribution in [3.8, 4) is 11.5 Å². The van der Waals surface area contributed by atoms with E-state index in [1.807, 2.05) is 42.5 Å². The highest BCUT2D eigenvalue weighted by Crippen LogP contribution is 2.28. The third-order valence-corrected chi connectivity index (χ3v) is 2.48. The summed E-state index contributed by atoms with van der Waals surface area (Å²) in [6.07, 6.45) is 5.19. The van der Waals surface area contributed by atoms with E-state index in [0.29, 0.717) is 0 Å². The summed E-state index contributed by atoms with van der Waals surface area (Å²) in [6.45, 7) is 0. The first-order chi connectivity index (χ1) is 8.43. The Bertz CT molecular complexity index is 633. The van der Waals surface area contributed by atoms with Gasteiger partial charge in [0.1, 0.15) is 11.5 Å². The Balaban J connectivity index is 2.06. The Kier molecular flexibility index (Phi) is 2.43. The van der Waals surface area contributed by atoms with Gasteiger partial charge >= 0.3 is 0 Å². The van der Waals surface area contributed by atoms with Crippen LogP contribution in [0.25, 0.3) is 10.9 Å². The fourth-order valence-corrected chi connectivity index (χ4v) is 1.70. The number of hydrogen-bond donors (Lipinski definition) is 0. The summed E-state index contributed by atoms with van der Waals surface area (Å²) < 4.78 is 5.81. The Morgan fingerprint density at radius 3 is 2.59 bits per heavy atom. The summed E-state index contributed by atoms with van der Waals surface area (Å²) in [6, 6.07) is 13.4. The van der Waals surface area contributed by atoms with Crippen molar-refractivity contribution in [2.24, 2.45) is 0 Å². The van der Waals surface area contributed by atoms with Gasteiger partial charge in [0.2, 0.25) is 0 Å². The molecule has 2 heterocycles. The maximum absolute atomic E-state index is 5.81. The van der Waals surface area contributed by atoms with Crippen molar-refractivity contribution in [3.63, 3.8) is 0 Å². The van der Waals surface area contributed by atoms with Crippen LogP contribution in [0.3, 0.4) is 0 Å². The molecule has 3 rings (SSSR count). The standard InChI is InChI=1S/C14H10N2O/c1-4-13-12(3-2-8-16-13)14(5-1)17-11-6-9-15-10-7-11/h1-10H. The molecule has 0 saturated carbocycles. The van der Waals surface area contributed by atoms with Crippen LogP contribution in [-0.4, -0.2) is 9.97 Å². The van der Waals surface area contributed by atoms with Crippen LogP contribution in [0.1, 0.15) is 0 Å². The lowest BCUT2D eigenvalue weighted by Crippen LogP contribution is -1.86. The Labute approximate surface area is 98.7 Å². The molecule has 3 nitrogen and oxygen atoms in total. The van der Waals surface area contributed by atoms with Gasteiger partial charge in [-0.2, -0.15) is 0 Å². The molecule has 0 radical (unpaired) electrons. The van der Waals surface area contributed by atoms with Crippen LogP contribution in [0.15, 0.2) is 61.1 Å². The second-order valence-corrected chi connectivity index (χ2v) is 3.61. The molecule has 1 aromatic carbocycles. The summed E-state index contributed by atoms with van der Waals surface area (Å²) in [5.74, 6) is 1.58. The van der Waals surface area contributed by atoms with Crippen LogP contribution >= 0.6 is 0 Å². The molecule has 0 N–H and O–H groups in total. The van der Waals surface area contributed by atoms with E-state index in [9.17, 15) is 0 Å². The normalized spacial score (nSPS) is 10.4. The highest BCUT2D eigenvalue weighted by Gasteiger charge is 2.02. The highest BCUT2D eigenvalue weighted by molar-refractivity contribution is 5.85. The zero-order valence-electron chi connectivity index (χ0n) is 9.08. The third kappa shape index (κ3) is 1.95. The van der Waals surface area contributed by atoms with Gasteiger partial charge in [-0.05, 0) is 36.4 Å². The number of ether oxygens (including phenoxy) is 1. The molecule has 0 amide bonds. The zero-order chi connectivity index (χ0) is 11.5. The molecule has 2 aromatic heterocycles. The van der Waals surface area contributed by atoms with E-state index >= 15 is 0 Å². The maximum atomic E-state index is 5.81. The van der Waals surface area contributed by atoms with Crippen LogP contribution in [0, 0.1) is 0 Å². The quantitative estimate of drug-likeness (QED) is 0.666. The number of fused-ring (bicyclic) bond motifs is 1. The molecular formula is C14H10N2O. The number of rotatable bonds is 2. The summed E-state index contributed by atoms with van der Waals surface area (Å²) in [4.78, 5) is 8.25. The van der Waals surface area contributed by atoms with Crippen molar-refractivity contribution >= 4 is 10.9 Å². The van der Waals surface area contributed by atoms with E-state index in [1.165, 1.54) is 0 Å². The van der Waals surface area contributed by atoms with Crippen molar-refractivity contribution in [1.82, 2.24) is 9.97 Å². The van der Waals surface area contributed by atoms with Gasteiger partial charge in [-0.1, -0.05) is 6.07 Å². The minimum atomic E-state index is 0.774. The molecule has 3 aromatic rings. The number of benzene rings is 1. The maximum Gasteiger partial charge on any atom is 0.136 e. The molecule has 17 heavy (non-hydrogen) atoms. The Morgan fingerprint density at radius 1 is 0.824 bits per heavy atom. The Hall–Kier alpha value is -2.42. The van der Waals surface area contributed by atoms with Crippen molar-refractivity contribution in [1.29, 1.82) is 0 Å². The van der Waals surface area contributed by atoms with Gasteiger partial charge in [0, 0.05) is 24.0 Å². The first kappa shape index (κ1) is 9.78. The molecule has 82 valence electrons. The number of nitrogens with zero attached hydrogens (tertiary/aromatic N) is 2. The summed E-state index contributed by atoms with van der Waals surface area (Å²) in [5.41, 5.74) is 0.930. The molecule has 0 aliphatic heterocycles. The molecule has 0 bridgehead atoms. The molecule has 0 atom stereocenters. The van der Waals surface area contributed by atoms with Crippen molar-refractivity contribution < 1.29 is 4.74 Å². The first-order valence-electron chi connectivity index (χ1n) is 5.35. The minimum absolute atomic E-state index is 0.774. The lowest BCUT2D eigenvalue weighted by molar-refractivity contribution is 0.487. The van der Waals surface area contributed by atoms with Crippen LogP contribution in [0.5, 0.6) is 11.5 Å². The molecule has 0 saturated heterocycles. The predicted molar refractivity (Wildman–Crippen MR) is 66.1 cm³/mol. The van der Waals surface area contributed by atoms with Crippen LogP contribution in [0.4, 0.5) is 0 Å². The topological polar surface area (TPSA) is 35.0 Å². The van der Waals surface area contributed by atoms with Gasteiger partial charge < -0.3 is 4.74 Å². The monoisotopic (exact) mass is 222 g/mol. The second kappa shape index (κ2) is 4.22. The molecule has 0 unspecified atom stereocenters. The average molecular weight is 222 g/mol. The number of aromatic nitrogens is 2. The molecule has 0 fully saturated rings. The van der Waals surface area contributed by atoms with E-state index in [1.54, 1.807) is 18.6 Å². The van der Waals surface area contributed by atoms with E-state index in [4.69, 9.17) is 4.74 Å². The van der Waals surface area contributed by atoms with Crippen molar-refractivity contribution in [2.45, 2.75) is 0 Å². The highest BCUT2D eigenvalue weighted by atomic mass is 16.5. The van der Waals surface area contributed by atoms with Gasteiger partial charge in [0.25, 0.3) is 0 Å². The predicted octanol–water partition coefficient (Wildman–Crippen LogP) is 3.42. The fourth-order valence-electron chi connectivity index (χ4n) is 1.70. The van der Waals surface area contributed by atoms with Crippen LogP contribution in [0.2, 0.25) is 0 Å². The fraction of sp³-hybridized carbons (Fsp3) is 0. The summed E-state index contributed by atoms with van der Waals surface area (Å²) in [7, 11) is 0. The van der Waals surface area contributed by atoms with E-state index in [0.717, 1.165) is 22.4 Å². The van der Waals surface area contributed by atoms with Crippen molar-refractivity contribution in [2.75, 3.05) is 0 Å². The molecule has 0 spiro atoms. The van der Waals surface area contributed by atoms with Gasteiger partial charge in [-0.15, -0.1) is 0 Å². The van der Waals surface area contributed by atoms with Crippen LogP contribution in [-0.2, 0) is 0 Å². The number of pyridine rings is 2. The number of hydrogen-bond acceptors (Lipinski definition) is 3. The van der Waals surface area contributed by atoms with E-state index in [2.05, 4.69) is 9.97 Å². The Morgan fingerprint density at radius 2 is 1.71 bits per heavy atom. The zero-order valence-corrected chi connectivity index (χ0v) is 9.08. The van der Waals surface area contributed by atoms with Crippen molar-refractivity contribution in [3.05, 3.63) is 61.1 Å². The first-order valence-corrected chi connectivity index (χ1v) is 5.35. The third-order valence-electron chi connectivity index (χ3n) is 2.48. The smallest absolute Gasteiger partial charge is 0.136 e. The van der Waals surface area contributed by atoms with E-state index in [-0.39, 0.29) is 0 Å². The molecule has 0 aliphatic carbocycles. The molecular weight excluding hydrogens is 212 g/mol. The molecule has 3 heteroatoms. The van der Waals surface area contributed by atoms with E-state index < -0.39 is 0 Å². The largest absolute Gasteiger partial charge is 0.457 e. The minimum Gasteiger partial charge on any atom is -0.457 e. The van der Waals surface area contributed by atoms with Crippen LogP contribution < -0.4 is 4.74 Å². The average Bonchev–Trinajstić information content (AvgIpc) is 2.40.